The van der Waals surface area contributed by atoms with Crippen molar-refractivity contribution in [2.24, 2.45) is 4.99 Å². The van der Waals surface area contributed by atoms with Crippen molar-refractivity contribution in [2.45, 2.75) is 6.92 Å². The van der Waals surface area contributed by atoms with Crippen molar-refractivity contribution in [3.8, 4) is 0 Å². The van der Waals surface area contributed by atoms with Gasteiger partial charge in [-0.3, -0.25) is 5.43 Å². The van der Waals surface area contributed by atoms with Crippen molar-refractivity contribution in [1.29, 1.82) is 0 Å². The molecule has 0 aromatic heterocycles. The number of hydrazine groups is 2. The first kappa shape index (κ1) is 9.70. The fraction of sp³-hybridized carbons (Fsp3) is 0.222. The van der Waals surface area contributed by atoms with Gasteiger partial charge in [-0.1, -0.05) is 17.7 Å². The summed E-state index contributed by atoms with van der Waals surface area (Å²) in [4.78, 5) is 4.15. The van der Waals surface area contributed by atoms with Crippen molar-refractivity contribution in [3.05, 3.63) is 29.8 Å². The van der Waals surface area contributed by atoms with Crippen LogP contribution in [-0.2, 0) is 0 Å². The minimum Gasteiger partial charge on any atom is -0.298 e. The average molecular weight is 178 g/mol. The molecule has 0 amide bonds. The van der Waals surface area contributed by atoms with E-state index in [0.29, 0.717) is 0 Å². The maximum atomic E-state index is 4.15. The molecular formula is C9H14N4. The molecule has 0 radical (unpaired) electrons. The van der Waals surface area contributed by atoms with Crippen LogP contribution in [-0.4, -0.2) is 13.4 Å². The van der Waals surface area contributed by atoms with Gasteiger partial charge in [-0.05, 0) is 19.1 Å². The number of aliphatic imine (C=N–C) groups is 1. The summed E-state index contributed by atoms with van der Waals surface area (Å²) in [7, 11) is 1.77. The standard InChI is InChI=1S/C9H14N4/c1-8-3-5-9(6-4-8)11-7-12-13-10-2/h3-7,10,13H,1-2H3,(H,11,12). The molecule has 0 aliphatic carbocycles. The predicted octanol–water partition coefficient (Wildman–Crippen LogP) is 0.883. The molecular weight excluding hydrogens is 164 g/mol. The van der Waals surface area contributed by atoms with E-state index in [9.17, 15) is 0 Å². The van der Waals surface area contributed by atoms with Crippen molar-refractivity contribution in [1.82, 2.24) is 16.4 Å². The molecule has 13 heavy (non-hydrogen) atoms. The average Bonchev–Trinajstić information content (AvgIpc) is 2.15. The molecule has 1 aromatic rings. The van der Waals surface area contributed by atoms with E-state index in [4.69, 9.17) is 0 Å². The van der Waals surface area contributed by atoms with Crippen LogP contribution in [0.15, 0.2) is 29.3 Å². The van der Waals surface area contributed by atoms with Crippen molar-refractivity contribution in [3.63, 3.8) is 0 Å². The van der Waals surface area contributed by atoms with Crippen LogP contribution in [0.5, 0.6) is 0 Å². The molecule has 70 valence electrons. The highest BCUT2D eigenvalue weighted by atomic mass is 15.6. The third kappa shape index (κ3) is 3.68. The zero-order valence-corrected chi connectivity index (χ0v) is 7.83. The Balaban J connectivity index is 2.44. The van der Waals surface area contributed by atoms with Gasteiger partial charge in [0.25, 0.3) is 0 Å². The highest BCUT2D eigenvalue weighted by Crippen LogP contribution is 2.10. The molecule has 4 nitrogen and oxygen atoms in total. The summed E-state index contributed by atoms with van der Waals surface area (Å²) in [6, 6.07) is 7.98. The normalized spacial score (nSPS) is 10.6. The molecule has 0 heterocycles. The van der Waals surface area contributed by atoms with E-state index in [1.54, 1.807) is 13.4 Å². The molecule has 0 spiro atoms. The van der Waals surface area contributed by atoms with Crippen LogP contribution >= 0.6 is 0 Å². The minimum atomic E-state index is 0.927. The zero-order chi connectivity index (χ0) is 9.52. The quantitative estimate of drug-likeness (QED) is 0.278. The summed E-state index contributed by atoms with van der Waals surface area (Å²) in [5.74, 6) is 0. The molecule has 0 unspecified atom stereocenters. The second kappa shape index (κ2) is 5.29. The summed E-state index contributed by atoms with van der Waals surface area (Å²) in [5, 5.41) is 0. The van der Waals surface area contributed by atoms with Crippen LogP contribution in [0.1, 0.15) is 5.56 Å². The van der Waals surface area contributed by atoms with Gasteiger partial charge in [0.2, 0.25) is 0 Å². The van der Waals surface area contributed by atoms with Gasteiger partial charge in [-0.2, -0.15) is 5.53 Å². The molecule has 0 saturated heterocycles. The van der Waals surface area contributed by atoms with Crippen molar-refractivity contribution < 1.29 is 0 Å². The molecule has 0 aliphatic rings. The van der Waals surface area contributed by atoms with E-state index in [0.717, 1.165) is 5.69 Å². The van der Waals surface area contributed by atoms with E-state index >= 15 is 0 Å². The van der Waals surface area contributed by atoms with Gasteiger partial charge in [0.05, 0.1) is 5.69 Å². The van der Waals surface area contributed by atoms with Crippen LogP contribution in [0.25, 0.3) is 0 Å². The third-order valence-corrected chi connectivity index (χ3v) is 1.51. The number of nitrogens with one attached hydrogen (secondary N) is 3. The van der Waals surface area contributed by atoms with Gasteiger partial charge in [-0.15, -0.1) is 0 Å². The fourth-order valence-electron chi connectivity index (χ4n) is 0.842. The number of benzene rings is 1. The monoisotopic (exact) mass is 178 g/mol. The largest absolute Gasteiger partial charge is 0.298 e. The number of rotatable bonds is 4. The molecule has 3 N–H and O–H groups in total. The number of hydrogen-bond donors (Lipinski definition) is 3. The molecule has 1 aromatic carbocycles. The first-order chi connectivity index (χ1) is 6.33. The summed E-state index contributed by atoms with van der Waals surface area (Å²) < 4.78 is 0. The Morgan fingerprint density at radius 3 is 2.54 bits per heavy atom. The summed E-state index contributed by atoms with van der Waals surface area (Å²) in [6.07, 6.45) is 1.58. The maximum Gasteiger partial charge on any atom is 0.104 e. The Hall–Kier alpha value is -1.39. The van der Waals surface area contributed by atoms with E-state index in [1.807, 2.05) is 31.2 Å². The Morgan fingerprint density at radius 1 is 1.23 bits per heavy atom. The summed E-state index contributed by atoms with van der Waals surface area (Å²) in [6.45, 7) is 2.05. The van der Waals surface area contributed by atoms with E-state index in [1.165, 1.54) is 5.56 Å². The molecule has 4 heteroatoms. The lowest BCUT2D eigenvalue weighted by Crippen LogP contribution is -2.39. The molecule has 0 bridgehead atoms. The van der Waals surface area contributed by atoms with Crippen LogP contribution in [0.4, 0.5) is 5.69 Å². The number of aryl methyl sites for hydroxylation is 1. The van der Waals surface area contributed by atoms with Crippen LogP contribution in [0, 0.1) is 6.92 Å². The lowest BCUT2D eigenvalue weighted by atomic mass is 10.2. The van der Waals surface area contributed by atoms with Crippen molar-refractivity contribution >= 4 is 12.0 Å². The van der Waals surface area contributed by atoms with Crippen LogP contribution in [0.3, 0.4) is 0 Å². The van der Waals surface area contributed by atoms with Crippen molar-refractivity contribution in [2.75, 3.05) is 7.05 Å². The Labute approximate surface area is 78.0 Å². The highest BCUT2D eigenvalue weighted by molar-refractivity contribution is 5.60. The predicted molar refractivity (Wildman–Crippen MR) is 54.7 cm³/mol. The minimum absolute atomic E-state index is 0.927. The van der Waals surface area contributed by atoms with Gasteiger partial charge in [-0.25, -0.2) is 10.4 Å². The van der Waals surface area contributed by atoms with Crippen LogP contribution < -0.4 is 16.4 Å². The highest BCUT2D eigenvalue weighted by Gasteiger charge is 1.85. The van der Waals surface area contributed by atoms with Gasteiger partial charge in [0, 0.05) is 7.05 Å². The first-order valence-corrected chi connectivity index (χ1v) is 4.09. The summed E-state index contributed by atoms with van der Waals surface area (Å²) in [5.41, 5.74) is 10.3. The smallest absolute Gasteiger partial charge is 0.104 e. The second-order valence-electron chi connectivity index (χ2n) is 2.61. The molecule has 0 fully saturated rings. The SMILES string of the molecule is CNNNC=Nc1ccc(C)cc1. The van der Waals surface area contributed by atoms with Gasteiger partial charge < -0.3 is 0 Å². The first-order valence-electron chi connectivity index (χ1n) is 4.09. The number of nitrogens with zero attached hydrogens (tertiary/aromatic N) is 1. The maximum absolute atomic E-state index is 4.15. The van der Waals surface area contributed by atoms with Gasteiger partial charge in [0.15, 0.2) is 0 Å². The summed E-state index contributed by atoms with van der Waals surface area (Å²) >= 11 is 0. The van der Waals surface area contributed by atoms with Gasteiger partial charge in [0.1, 0.15) is 6.34 Å². The van der Waals surface area contributed by atoms with E-state index < -0.39 is 0 Å². The number of hydrogen-bond acceptors (Lipinski definition) is 3. The zero-order valence-electron chi connectivity index (χ0n) is 7.83. The lowest BCUT2D eigenvalue weighted by molar-refractivity contribution is 0.568. The van der Waals surface area contributed by atoms with E-state index in [2.05, 4.69) is 21.4 Å². The molecule has 1 rings (SSSR count). The Morgan fingerprint density at radius 2 is 1.92 bits per heavy atom. The molecule has 0 atom stereocenters. The lowest BCUT2D eigenvalue weighted by Gasteiger charge is -1.99. The molecule has 0 aliphatic heterocycles. The Bertz CT molecular complexity index is 265. The molecule has 0 saturated carbocycles. The Kier molecular flexibility index (Phi) is 3.95. The topological polar surface area (TPSA) is 48.4 Å². The van der Waals surface area contributed by atoms with E-state index in [-0.39, 0.29) is 0 Å². The second-order valence-corrected chi connectivity index (χ2v) is 2.61. The fourth-order valence-corrected chi connectivity index (χ4v) is 0.842. The van der Waals surface area contributed by atoms with Gasteiger partial charge >= 0.3 is 0 Å². The third-order valence-electron chi connectivity index (χ3n) is 1.51. The van der Waals surface area contributed by atoms with Crippen LogP contribution in [0.2, 0.25) is 0 Å².